The van der Waals surface area contributed by atoms with E-state index < -0.39 is 0 Å². The van der Waals surface area contributed by atoms with E-state index >= 15 is 0 Å². The van der Waals surface area contributed by atoms with Gasteiger partial charge in [0, 0.05) is 16.6 Å². The minimum Gasteiger partial charge on any atom is -0.307 e. The van der Waals surface area contributed by atoms with Gasteiger partial charge in [-0.25, -0.2) is 0 Å². The highest BCUT2D eigenvalue weighted by molar-refractivity contribution is 9.10. The zero-order valence-electron chi connectivity index (χ0n) is 13.9. The predicted octanol–water partition coefficient (Wildman–Crippen LogP) is 5.95. The average molecular weight is 352 g/mol. The Morgan fingerprint density at radius 3 is 2.67 bits per heavy atom. The molecule has 1 N–H and O–H groups in total. The lowest BCUT2D eigenvalue weighted by molar-refractivity contribution is 0.158. The zero-order chi connectivity index (χ0) is 15.4. The van der Waals surface area contributed by atoms with Crippen molar-refractivity contribution in [1.29, 1.82) is 0 Å². The molecule has 2 heteroatoms. The Kier molecular flexibility index (Phi) is 6.31. The monoisotopic (exact) mass is 351 g/mol. The van der Waals surface area contributed by atoms with E-state index in [-0.39, 0.29) is 0 Å². The van der Waals surface area contributed by atoms with E-state index in [2.05, 4.69) is 73.2 Å². The number of hydrogen-bond donors (Lipinski definition) is 1. The SMILES string of the molecule is CCC(NC1CC(C)CCC1C(C)C)c1cccc(Br)c1. The summed E-state index contributed by atoms with van der Waals surface area (Å²) in [6.45, 7) is 9.46. The molecule has 4 atom stereocenters. The van der Waals surface area contributed by atoms with Gasteiger partial charge in [-0.1, -0.05) is 62.2 Å². The first-order valence-corrected chi connectivity index (χ1v) is 9.32. The first-order valence-electron chi connectivity index (χ1n) is 8.52. The fourth-order valence-electron chi connectivity index (χ4n) is 3.83. The fraction of sp³-hybridized carbons (Fsp3) is 0.684. The molecule has 4 unspecified atom stereocenters. The second kappa shape index (κ2) is 7.78. The molecule has 1 nitrogen and oxygen atoms in total. The first kappa shape index (κ1) is 17.0. The molecule has 0 spiro atoms. The summed E-state index contributed by atoms with van der Waals surface area (Å²) >= 11 is 3.60. The van der Waals surface area contributed by atoms with Crippen LogP contribution in [0, 0.1) is 17.8 Å². The van der Waals surface area contributed by atoms with Crippen LogP contribution < -0.4 is 5.32 Å². The Morgan fingerprint density at radius 2 is 2.05 bits per heavy atom. The van der Waals surface area contributed by atoms with Crippen molar-refractivity contribution in [2.24, 2.45) is 17.8 Å². The quantitative estimate of drug-likeness (QED) is 0.690. The molecular formula is C19H30BrN. The predicted molar refractivity (Wildman–Crippen MR) is 95.4 cm³/mol. The van der Waals surface area contributed by atoms with Crippen LogP contribution >= 0.6 is 15.9 Å². The van der Waals surface area contributed by atoms with Gasteiger partial charge in [0.15, 0.2) is 0 Å². The highest BCUT2D eigenvalue weighted by Crippen LogP contribution is 2.35. The second-order valence-electron chi connectivity index (χ2n) is 7.12. The molecule has 0 bridgehead atoms. The second-order valence-corrected chi connectivity index (χ2v) is 8.03. The van der Waals surface area contributed by atoms with Crippen LogP contribution in [0.5, 0.6) is 0 Å². The van der Waals surface area contributed by atoms with Gasteiger partial charge in [0.05, 0.1) is 0 Å². The first-order chi connectivity index (χ1) is 10.0. The van der Waals surface area contributed by atoms with Crippen molar-refractivity contribution < 1.29 is 0 Å². The summed E-state index contributed by atoms with van der Waals surface area (Å²) in [5.74, 6) is 2.45. The summed E-state index contributed by atoms with van der Waals surface area (Å²) in [6.07, 6.45) is 5.25. The zero-order valence-corrected chi connectivity index (χ0v) is 15.5. The minimum atomic E-state index is 0.471. The molecule has 0 aromatic heterocycles. The van der Waals surface area contributed by atoms with E-state index in [0.29, 0.717) is 12.1 Å². The van der Waals surface area contributed by atoms with Gasteiger partial charge < -0.3 is 5.32 Å². The molecule has 2 rings (SSSR count). The number of hydrogen-bond acceptors (Lipinski definition) is 1. The molecule has 1 aliphatic rings. The van der Waals surface area contributed by atoms with Crippen molar-refractivity contribution in [3.8, 4) is 0 Å². The van der Waals surface area contributed by atoms with Gasteiger partial charge in [-0.2, -0.15) is 0 Å². The van der Waals surface area contributed by atoms with E-state index in [1.807, 2.05) is 0 Å². The maximum absolute atomic E-state index is 3.99. The summed E-state index contributed by atoms with van der Waals surface area (Å²) in [6, 6.07) is 9.90. The van der Waals surface area contributed by atoms with Crippen LogP contribution in [-0.4, -0.2) is 6.04 Å². The van der Waals surface area contributed by atoms with Crippen molar-refractivity contribution in [2.75, 3.05) is 0 Å². The Hall–Kier alpha value is -0.340. The van der Waals surface area contributed by atoms with Crippen LogP contribution in [0.25, 0.3) is 0 Å². The largest absolute Gasteiger partial charge is 0.307 e. The van der Waals surface area contributed by atoms with E-state index in [1.165, 1.54) is 29.3 Å². The maximum Gasteiger partial charge on any atom is 0.0320 e. The molecular weight excluding hydrogens is 322 g/mol. The minimum absolute atomic E-state index is 0.471. The van der Waals surface area contributed by atoms with E-state index in [1.54, 1.807) is 0 Å². The van der Waals surface area contributed by atoms with Gasteiger partial charge >= 0.3 is 0 Å². The molecule has 0 amide bonds. The van der Waals surface area contributed by atoms with E-state index in [4.69, 9.17) is 0 Å². The van der Waals surface area contributed by atoms with Gasteiger partial charge in [-0.15, -0.1) is 0 Å². The Bertz CT molecular complexity index is 443. The third kappa shape index (κ3) is 4.56. The van der Waals surface area contributed by atoms with Crippen LogP contribution in [-0.2, 0) is 0 Å². The molecule has 0 radical (unpaired) electrons. The van der Waals surface area contributed by atoms with Crippen molar-refractivity contribution in [3.63, 3.8) is 0 Å². The van der Waals surface area contributed by atoms with Crippen LogP contribution in [0.4, 0.5) is 0 Å². The topological polar surface area (TPSA) is 12.0 Å². The molecule has 0 heterocycles. The molecule has 1 aromatic carbocycles. The average Bonchev–Trinajstić information content (AvgIpc) is 2.44. The standard InChI is InChI=1S/C19H30BrN/c1-5-18(15-7-6-8-16(20)12-15)21-19-11-14(4)9-10-17(19)13(2)3/h6-8,12-14,17-19,21H,5,9-11H2,1-4H3. The normalized spacial score (nSPS) is 27.8. The lowest BCUT2D eigenvalue weighted by atomic mass is 9.73. The number of nitrogens with one attached hydrogen (secondary N) is 1. The molecule has 1 fully saturated rings. The van der Waals surface area contributed by atoms with Crippen LogP contribution in [0.15, 0.2) is 28.7 Å². The Morgan fingerprint density at radius 1 is 1.29 bits per heavy atom. The van der Waals surface area contributed by atoms with Gasteiger partial charge in [-0.3, -0.25) is 0 Å². The summed E-state index contributed by atoms with van der Waals surface area (Å²) in [5.41, 5.74) is 1.41. The van der Waals surface area contributed by atoms with Crippen molar-refractivity contribution in [1.82, 2.24) is 5.32 Å². The van der Waals surface area contributed by atoms with Gasteiger partial charge in [-0.05, 0) is 54.7 Å². The molecule has 0 aliphatic heterocycles. The van der Waals surface area contributed by atoms with Crippen molar-refractivity contribution in [3.05, 3.63) is 34.3 Å². The smallest absolute Gasteiger partial charge is 0.0320 e. The number of benzene rings is 1. The molecule has 0 saturated heterocycles. The highest BCUT2D eigenvalue weighted by atomic mass is 79.9. The van der Waals surface area contributed by atoms with Crippen LogP contribution in [0.3, 0.4) is 0 Å². The van der Waals surface area contributed by atoms with Crippen LogP contribution in [0.1, 0.15) is 65.0 Å². The summed E-state index contributed by atoms with van der Waals surface area (Å²) in [5, 5.41) is 3.99. The third-order valence-corrected chi connectivity index (χ3v) is 5.59. The molecule has 118 valence electrons. The molecule has 1 saturated carbocycles. The molecule has 21 heavy (non-hydrogen) atoms. The maximum atomic E-state index is 3.99. The Balaban J connectivity index is 2.11. The lowest BCUT2D eigenvalue weighted by Gasteiger charge is -2.40. The summed E-state index contributed by atoms with van der Waals surface area (Å²) < 4.78 is 1.18. The fourth-order valence-corrected chi connectivity index (χ4v) is 4.24. The van der Waals surface area contributed by atoms with Crippen molar-refractivity contribution >= 4 is 15.9 Å². The summed E-state index contributed by atoms with van der Waals surface area (Å²) in [4.78, 5) is 0. The lowest BCUT2D eigenvalue weighted by Crippen LogP contribution is -2.44. The van der Waals surface area contributed by atoms with Gasteiger partial charge in [0.1, 0.15) is 0 Å². The van der Waals surface area contributed by atoms with E-state index in [9.17, 15) is 0 Å². The molecule has 1 aromatic rings. The molecule has 1 aliphatic carbocycles. The van der Waals surface area contributed by atoms with Crippen LogP contribution in [0.2, 0.25) is 0 Å². The summed E-state index contributed by atoms with van der Waals surface area (Å²) in [7, 11) is 0. The van der Waals surface area contributed by atoms with E-state index in [0.717, 1.165) is 24.2 Å². The Labute approximate surface area is 139 Å². The van der Waals surface area contributed by atoms with Crippen molar-refractivity contribution in [2.45, 2.75) is 65.5 Å². The highest BCUT2D eigenvalue weighted by Gasteiger charge is 2.31. The third-order valence-electron chi connectivity index (χ3n) is 5.10. The number of rotatable bonds is 5. The van der Waals surface area contributed by atoms with Gasteiger partial charge in [0.2, 0.25) is 0 Å². The van der Waals surface area contributed by atoms with Gasteiger partial charge in [0.25, 0.3) is 0 Å². The number of halogens is 1.